The monoisotopic (exact) mass is 234 g/mol. The lowest BCUT2D eigenvalue weighted by Gasteiger charge is -2.07. The predicted octanol–water partition coefficient (Wildman–Crippen LogP) is 1.42. The third-order valence-corrected chi connectivity index (χ3v) is 2.66. The first-order valence-electron chi connectivity index (χ1n) is 4.73. The van der Waals surface area contributed by atoms with Crippen LogP contribution in [-0.4, -0.2) is 20.9 Å². The van der Waals surface area contributed by atoms with Crippen LogP contribution in [0, 0.1) is 0 Å². The minimum absolute atomic E-state index is 0.0791. The molecule has 0 radical (unpaired) electrons. The maximum absolute atomic E-state index is 11.6. The lowest BCUT2D eigenvalue weighted by molar-refractivity contribution is -0.115. The number of aromatic nitrogens is 3. The number of carbonyl (C=O) groups excluding carboxylic acids is 1. The number of rotatable bonds is 0. The molecule has 2 aromatic rings. The van der Waals surface area contributed by atoms with Crippen LogP contribution in [0.1, 0.15) is 5.69 Å². The third kappa shape index (κ3) is 1.37. The second-order valence-electron chi connectivity index (χ2n) is 3.52. The van der Waals surface area contributed by atoms with Crippen molar-refractivity contribution in [1.29, 1.82) is 0 Å². The molecule has 0 bridgehead atoms. The number of fused-ring (bicyclic) bond motifs is 3. The molecule has 2 heterocycles. The summed E-state index contributed by atoms with van der Waals surface area (Å²) in [5.41, 5.74) is 2.18. The van der Waals surface area contributed by atoms with Crippen LogP contribution in [0.3, 0.4) is 0 Å². The van der Waals surface area contributed by atoms with Crippen LogP contribution in [0.2, 0.25) is 5.02 Å². The Morgan fingerprint density at radius 3 is 3.19 bits per heavy atom. The van der Waals surface area contributed by atoms with Crippen LogP contribution in [0.5, 0.6) is 0 Å². The molecular formula is C10H7ClN4O. The molecule has 0 spiro atoms. The Morgan fingerprint density at radius 2 is 2.31 bits per heavy atom. The smallest absolute Gasteiger partial charge is 0.230 e. The number of carbonyl (C=O) groups is 1. The van der Waals surface area contributed by atoms with Gasteiger partial charge < -0.3 is 5.32 Å². The zero-order chi connectivity index (χ0) is 11.1. The molecule has 3 rings (SSSR count). The van der Waals surface area contributed by atoms with Gasteiger partial charge in [-0.15, -0.1) is 5.10 Å². The van der Waals surface area contributed by atoms with Gasteiger partial charge in [-0.2, -0.15) is 0 Å². The van der Waals surface area contributed by atoms with E-state index in [9.17, 15) is 4.79 Å². The quantitative estimate of drug-likeness (QED) is 0.750. The van der Waals surface area contributed by atoms with Crippen molar-refractivity contribution in [2.75, 3.05) is 5.32 Å². The minimum Gasteiger partial charge on any atom is -0.324 e. The highest BCUT2D eigenvalue weighted by Crippen LogP contribution is 2.27. The van der Waals surface area contributed by atoms with Gasteiger partial charge in [0.05, 0.1) is 29.7 Å². The van der Waals surface area contributed by atoms with E-state index in [1.807, 2.05) is 0 Å². The van der Waals surface area contributed by atoms with Gasteiger partial charge in [-0.3, -0.25) is 4.79 Å². The molecule has 1 N–H and O–H groups in total. The summed E-state index contributed by atoms with van der Waals surface area (Å²) in [6.07, 6.45) is 1.84. The molecule has 0 saturated heterocycles. The standard InChI is InChI=1S/C10H7ClN4O/c11-6-1-2-8-9(3-6)15-7(5-12-14-15)4-10(16)13-8/h1-3,5H,4H2,(H,13,16). The maximum Gasteiger partial charge on any atom is 0.230 e. The second-order valence-corrected chi connectivity index (χ2v) is 3.96. The Balaban J connectivity index is 2.29. The predicted molar refractivity (Wildman–Crippen MR) is 58.7 cm³/mol. The number of hydrogen-bond acceptors (Lipinski definition) is 3. The molecule has 1 aromatic carbocycles. The summed E-state index contributed by atoms with van der Waals surface area (Å²) >= 11 is 5.93. The highest BCUT2D eigenvalue weighted by atomic mass is 35.5. The van der Waals surface area contributed by atoms with E-state index in [2.05, 4.69) is 15.6 Å². The lowest BCUT2D eigenvalue weighted by atomic mass is 10.2. The van der Waals surface area contributed by atoms with Gasteiger partial charge in [0.2, 0.25) is 5.91 Å². The molecule has 0 atom stereocenters. The zero-order valence-electron chi connectivity index (χ0n) is 8.14. The first kappa shape index (κ1) is 9.35. The first-order chi connectivity index (χ1) is 7.74. The van der Waals surface area contributed by atoms with Crippen molar-refractivity contribution in [2.45, 2.75) is 6.42 Å². The van der Waals surface area contributed by atoms with Crippen LogP contribution >= 0.6 is 11.6 Å². The molecule has 0 fully saturated rings. The van der Waals surface area contributed by atoms with Crippen molar-refractivity contribution in [3.8, 4) is 5.69 Å². The van der Waals surface area contributed by atoms with E-state index in [0.717, 1.165) is 11.4 Å². The number of nitrogens with zero attached hydrogens (tertiary/aromatic N) is 3. The molecule has 0 unspecified atom stereocenters. The first-order valence-corrected chi connectivity index (χ1v) is 5.11. The van der Waals surface area contributed by atoms with E-state index >= 15 is 0 Å². The molecule has 1 aliphatic heterocycles. The zero-order valence-corrected chi connectivity index (χ0v) is 8.90. The number of benzene rings is 1. The highest BCUT2D eigenvalue weighted by molar-refractivity contribution is 6.31. The summed E-state index contributed by atoms with van der Waals surface area (Å²) in [5.74, 6) is -0.0791. The fourth-order valence-corrected chi connectivity index (χ4v) is 1.89. The van der Waals surface area contributed by atoms with Gasteiger partial charge in [-0.1, -0.05) is 16.8 Å². The van der Waals surface area contributed by atoms with Crippen molar-refractivity contribution in [2.24, 2.45) is 0 Å². The molecule has 0 saturated carbocycles. The summed E-state index contributed by atoms with van der Waals surface area (Å²) < 4.78 is 1.62. The molecule has 16 heavy (non-hydrogen) atoms. The molecule has 5 nitrogen and oxygen atoms in total. The van der Waals surface area contributed by atoms with Crippen molar-refractivity contribution < 1.29 is 4.79 Å². The molecule has 1 aromatic heterocycles. The van der Waals surface area contributed by atoms with Gasteiger partial charge in [-0.05, 0) is 18.2 Å². The highest BCUT2D eigenvalue weighted by Gasteiger charge is 2.19. The fraction of sp³-hybridized carbons (Fsp3) is 0.100. The largest absolute Gasteiger partial charge is 0.324 e. The van der Waals surface area contributed by atoms with Gasteiger partial charge in [0, 0.05) is 5.02 Å². The third-order valence-electron chi connectivity index (χ3n) is 2.42. The van der Waals surface area contributed by atoms with Crippen LogP contribution in [0.4, 0.5) is 5.69 Å². The second kappa shape index (κ2) is 3.31. The Hall–Kier alpha value is -1.88. The van der Waals surface area contributed by atoms with Crippen LogP contribution in [0.25, 0.3) is 5.69 Å². The van der Waals surface area contributed by atoms with Crippen molar-refractivity contribution in [3.63, 3.8) is 0 Å². The normalized spacial score (nSPS) is 13.7. The van der Waals surface area contributed by atoms with Crippen molar-refractivity contribution in [1.82, 2.24) is 15.0 Å². The van der Waals surface area contributed by atoms with E-state index in [0.29, 0.717) is 10.7 Å². The molecule has 80 valence electrons. The SMILES string of the molecule is O=C1Cc2cnnn2-c2cc(Cl)ccc2N1. The van der Waals surface area contributed by atoms with Gasteiger partial charge in [0.25, 0.3) is 0 Å². The molecule has 1 aliphatic rings. The Kier molecular flexibility index (Phi) is 1.94. The fourth-order valence-electron chi connectivity index (χ4n) is 1.72. The van der Waals surface area contributed by atoms with Crippen molar-refractivity contribution in [3.05, 3.63) is 35.1 Å². The van der Waals surface area contributed by atoms with Gasteiger partial charge >= 0.3 is 0 Å². The number of nitrogens with one attached hydrogen (secondary N) is 1. The van der Waals surface area contributed by atoms with Gasteiger partial charge in [0.15, 0.2) is 0 Å². The van der Waals surface area contributed by atoms with E-state index in [1.165, 1.54) is 0 Å². The van der Waals surface area contributed by atoms with E-state index in [4.69, 9.17) is 11.6 Å². The minimum atomic E-state index is -0.0791. The van der Waals surface area contributed by atoms with E-state index in [1.54, 1.807) is 29.1 Å². The van der Waals surface area contributed by atoms with E-state index < -0.39 is 0 Å². The van der Waals surface area contributed by atoms with Crippen molar-refractivity contribution >= 4 is 23.2 Å². The average Bonchev–Trinajstić information content (AvgIpc) is 2.64. The average molecular weight is 235 g/mol. The van der Waals surface area contributed by atoms with E-state index in [-0.39, 0.29) is 12.3 Å². The Bertz CT molecular complexity index is 578. The summed E-state index contributed by atoms with van der Waals surface area (Å²) in [5, 5.41) is 11.1. The molecular weight excluding hydrogens is 228 g/mol. The van der Waals surface area contributed by atoms with Crippen LogP contribution in [-0.2, 0) is 11.2 Å². The van der Waals surface area contributed by atoms with Crippen LogP contribution < -0.4 is 5.32 Å². The number of anilines is 1. The van der Waals surface area contributed by atoms with Gasteiger partial charge in [-0.25, -0.2) is 4.68 Å². The maximum atomic E-state index is 11.6. The van der Waals surface area contributed by atoms with Gasteiger partial charge in [0.1, 0.15) is 0 Å². The number of amides is 1. The summed E-state index contributed by atoms with van der Waals surface area (Å²) in [4.78, 5) is 11.6. The number of hydrogen-bond donors (Lipinski definition) is 1. The topological polar surface area (TPSA) is 59.8 Å². The molecule has 0 aliphatic carbocycles. The van der Waals surface area contributed by atoms with Crippen LogP contribution in [0.15, 0.2) is 24.4 Å². The molecule has 6 heteroatoms. The summed E-state index contributed by atoms with van der Waals surface area (Å²) in [6, 6.07) is 5.23. The molecule has 1 amide bonds. The Morgan fingerprint density at radius 1 is 1.44 bits per heavy atom. The lowest BCUT2D eigenvalue weighted by Crippen LogP contribution is -2.12. The number of halogens is 1. The summed E-state index contributed by atoms with van der Waals surface area (Å²) in [6.45, 7) is 0. The Labute approximate surface area is 96.0 Å². The summed E-state index contributed by atoms with van der Waals surface area (Å²) in [7, 11) is 0.